The predicted octanol–water partition coefficient (Wildman–Crippen LogP) is -12.0. The number of nitrogens with two attached hydrogens (primary N) is 4. The second kappa shape index (κ2) is 13.4. The summed E-state index contributed by atoms with van der Waals surface area (Å²) in [6.45, 7) is 0. The van der Waals surface area contributed by atoms with Crippen LogP contribution in [0.3, 0.4) is 0 Å². The largest absolute Gasteiger partial charge is 1.00 e. The zero-order valence-electron chi connectivity index (χ0n) is 11.3. The highest BCUT2D eigenvalue weighted by Crippen LogP contribution is 2.28. The van der Waals surface area contributed by atoms with Crippen molar-refractivity contribution >= 4 is 22.7 Å². The van der Waals surface area contributed by atoms with Crippen LogP contribution in [0, 0.1) is 0 Å². The Hall–Kier alpha value is -1.28. The maximum absolute atomic E-state index is 5.74. The number of benzene rings is 2. The Morgan fingerprint density at radius 3 is 0.955 bits per heavy atom. The molecule has 0 atom stereocenters. The smallest absolute Gasteiger partial charge is 0.0554 e. The number of hydrogen-bond donors (Lipinski definition) is 4. The molecule has 0 fully saturated rings. The van der Waals surface area contributed by atoms with Gasteiger partial charge >= 0.3 is 0 Å². The first kappa shape index (κ1) is 32.6. The van der Waals surface area contributed by atoms with E-state index in [4.69, 9.17) is 22.9 Å². The minimum absolute atomic E-state index is 0. The fourth-order valence-electron chi connectivity index (χ4n) is 1.51. The lowest BCUT2D eigenvalue weighted by molar-refractivity contribution is -0.00100. The number of hydrogen-bond acceptors (Lipinski definition) is 4. The Balaban J connectivity index is -0.000000161. The highest BCUT2D eigenvalue weighted by atomic mass is 35.5. The lowest BCUT2D eigenvalue weighted by atomic mass is 10.0. The van der Waals surface area contributed by atoms with Gasteiger partial charge in [-0.25, -0.2) is 0 Å². The Morgan fingerprint density at radius 1 is 0.455 bits per heavy atom. The van der Waals surface area contributed by atoms with E-state index in [0.29, 0.717) is 22.7 Å². The summed E-state index contributed by atoms with van der Waals surface area (Å²) in [5.41, 5.74) is 27.0. The molecule has 6 nitrogen and oxygen atoms in total. The molecular formula is C12H18Cl4N4O2-4. The number of halogens is 4. The fourth-order valence-corrected chi connectivity index (χ4v) is 1.51. The van der Waals surface area contributed by atoms with Gasteiger partial charge in [0.2, 0.25) is 0 Å². The van der Waals surface area contributed by atoms with E-state index < -0.39 is 0 Å². The molecule has 0 heterocycles. The van der Waals surface area contributed by atoms with Crippen molar-refractivity contribution in [3.8, 4) is 11.1 Å². The van der Waals surface area contributed by atoms with E-state index in [0.717, 1.165) is 11.1 Å². The molecule has 0 saturated carbocycles. The van der Waals surface area contributed by atoms with Gasteiger partial charge in [0, 0.05) is 0 Å². The second-order valence-corrected chi connectivity index (χ2v) is 3.69. The van der Waals surface area contributed by atoms with Gasteiger partial charge in [0.15, 0.2) is 0 Å². The van der Waals surface area contributed by atoms with Crippen LogP contribution in [0.5, 0.6) is 0 Å². The average molecular weight is 392 g/mol. The molecule has 0 unspecified atom stereocenters. The van der Waals surface area contributed by atoms with Crippen LogP contribution in [0.4, 0.5) is 22.7 Å². The zero-order chi connectivity index (χ0) is 11.7. The second-order valence-electron chi connectivity index (χ2n) is 3.69. The summed E-state index contributed by atoms with van der Waals surface area (Å²) >= 11 is 0. The number of rotatable bonds is 1. The van der Waals surface area contributed by atoms with Crippen LogP contribution >= 0.6 is 0 Å². The van der Waals surface area contributed by atoms with Crippen LogP contribution in [0.2, 0.25) is 0 Å². The average Bonchev–Trinajstić information content (AvgIpc) is 2.26. The summed E-state index contributed by atoms with van der Waals surface area (Å²) in [4.78, 5) is 0. The first-order chi connectivity index (χ1) is 7.58. The number of anilines is 4. The summed E-state index contributed by atoms with van der Waals surface area (Å²) in [6.07, 6.45) is 0. The Bertz CT molecular complexity index is 509. The molecule has 22 heavy (non-hydrogen) atoms. The monoisotopic (exact) mass is 390 g/mol. The van der Waals surface area contributed by atoms with Gasteiger partial charge in [0.1, 0.15) is 0 Å². The lowest BCUT2D eigenvalue weighted by Crippen LogP contribution is -3.00. The van der Waals surface area contributed by atoms with E-state index in [1.54, 1.807) is 12.1 Å². The SMILES string of the molecule is Nc1ccc(-c2ccc(N)c(N)c2)cc1N.O.O.[Cl-].[Cl-].[Cl-].[Cl-]. The van der Waals surface area contributed by atoms with Gasteiger partial charge in [0.25, 0.3) is 0 Å². The third-order valence-corrected chi connectivity index (χ3v) is 2.51. The zero-order valence-corrected chi connectivity index (χ0v) is 14.3. The third-order valence-electron chi connectivity index (χ3n) is 2.51. The van der Waals surface area contributed by atoms with Gasteiger partial charge in [-0.15, -0.1) is 0 Å². The summed E-state index contributed by atoms with van der Waals surface area (Å²) in [6, 6.07) is 11.0. The van der Waals surface area contributed by atoms with Crippen molar-refractivity contribution in [2.24, 2.45) is 0 Å². The summed E-state index contributed by atoms with van der Waals surface area (Å²) < 4.78 is 0. The van der Waals surface area contributed by atoms with E-state index in [2.05, 4.69) is 0 Å². The van der Waals surface area contributed by atoms with Gasteiger partial charge < -0.3 is 83.5 Å². The molecule has 0 saturated heterocycles. The van der Waals surface area contributed by atoms with Crippen molar-refractivity contribution in [1.82, 2.24) is 0 Å². The molecule has 10 heteroatoms. The van der Waals surface area contributed by atoms with Crippen LogP contribution in [-0.4, -0.2) is 11.0 Å². The molecule has 130 valence electrons. The van der Waals surface area contributed by atoms with Gasteiger partial charge in [-0.1, -0.05) is 12.1 Å². The highest BCUT2D eigenvalue weighted by molar-refractivity contribution is 5.78. The Morgan fingerprint density at radius 2 is 0.727 bits per heavy atom. The third kappa shape index (κ3) is 7.13. The minimum atomic E-state index is 0. The lowest BCUT2D eigenvalue weighted by Gasteiger charge is -2.07. The van der Waals surface area contributed by atoms with Crippen molar-refractivity contribution in [3.63, 3.8) is 0 Å². The Kier molecular flexibility index (Phi) is 19.8. The number of nitrogen functional groups attached to an aromatic ring is 4. The van der Waals surface area contributed by atoms with E-state index in [1.807, 2.05) is 24.3 Å². The van der Waals surface area contributed by atoms with Gasteiger partial charge in [-0.05, 0) is 35.4 Å². The maximum atomic E-state index is 5.74. The molecule has 2 aromatic carbocycles. The first-order valence-corrected chi connectivity index (χ1v) is 4.88. The van der Waals surface area contributed by atoms with E-state index >= 15 is 0 Å². The van der Waals surface area contributed by atoms with Crippen molar-refractivity contribution in [2.75, 3.05) is 22.9 Å². The molecule has 0 amide bonds. The van der Waals surface area contributed by atoms with Crippen LogP contribution in [0.25, 0.3) is 11.1 Å². The Labute approximate surface area is 153 Å². The van der Waals surface area contributed by atoms with Crippen LogP contribution in [0.1, 0.15) is 0 Å². The van der Waals surface area contributed by atoms with Crippen LogP contribution in [-0.2, 0) is 0 Å². The summed E-state index contributed by atoms with van der Waals surface area (Å²) in [5, 5.41) is 0. The van der Waals surface area contributed by atoms with Crippen molar-refractivity contribution in [3.05, 3.63) is 36.4 Å². The van der Waals surface area contributed by atoms with Gasteiger partial charge in [0.05, 0.1) is 22.7 Å². The molecular weight excluding hydrogens is 374 g/mol. The van der Waals surface area contributed by atoms with Crippen molar-refractivity contribution in [1.29, 1.82) is 0 Å². The van der Waals surface area contributed by atoms with E-state index in [1.165, 1.54) is 0 Å². The maximum Gasteiger partial charge on any atom is 0.0554 e. The molecule has 0 bridgehead atoms. The quantitative estimate of drug-likeness (QED) is 0.354. The van der Waals surface area contributed by atoms with Gasteiger partial charge in [-0.3, -0.25) is 0 Å². The molecule has 0 aliphatic carbocycles. The molecule has 0 aliphatic rings. The predicted molar refractivity (Wildman–Crippen MR) is 76.8 cm³/mol. The summed E-state index contributed by atoms with van der Waals surface area (Å²) in [7, 11) is 0. The summed E-state index contributed by atoms with van der Waals surface area (Å²) in [5.74, 6) is 0. The van der Waals surface area contributed by atoms with Crippen molar-refractivity contribution in [2.45, 2.75) is 0 Å². The normalized spacial score (nSPS) is 7.45. The molecule has 2 rings (SSSR count). The van der Waals surface area contributed by atoms with Gasteiger partial charge in [-0.2, -0.15) is 0 Å². The van der Waals surface area contributed by atoms with Crippen LogP contribution in [0.15, 0.2) is 36.4 Å². The van der Waals surface area contributed by atoms with E-state index in [-0.39, 0.29) is 60.6 Å². The standard InChI is InChI=1S/C12H14N4.4ClH.2H2O/c13-9-3-1-7(5-11(9)15)8-2-4-10(14)12(16)6-8;;;;;;/h1-6H,13-16H2;4*1H;2*1H2/p-4. The molecule has 12 N–H and O–H groups in total. The molecule has 0 spiro atoms. The fraction of sp³-hybridized carbons (Fsp3) is 0. The minimum Gasteiger partial charge on any atom is -1.00 e. The molecule has 2 aromatic rings. The highest BCUT2D eigenvalue weighted by Gasteiger charge is 2.02. The topological polar surface area (TPSA) is 167 Å². The molecule has 0 aliphatic heterocycles. The van der Waals surface area contributed by atoms with Crippen molar-refractivity contribution < 1.29 is 60.6 Å². The first-order valence-electron chi connectivity index (χ1n) is 4.88. The molecule has 0 radical (unpaired) electrons. The molecule has 0 aromatic heterocycles. The van der Waals surface area contributed by atoms with Crippen LogP contribution < -0.4 is 72.6 Å². The van der Waals surface area contributed by atoms with E-state index in [9.17, 15) is 0 Å².